The number of hydrogen-bond acceptors (Lipinski definition) is 7. The number of amides is 1. The van der Waals surface area contributed by atoms with E-state index in [2.05, 4.69) is 79.1 Å². The number of hydrazone groups is 1. The van der Waals surface area contributed by atoms with Crippen LogP contribution in [0.25, 0.3) is 10.8 Å². The Hall–Kier alpha value is -2.20. The molecule has 1 amide bonds. The first-order chi connectivity index (χ1) is 15.6. The number of hydrogen-bond donors (Lipinski definition) is 1. The third-order valence-corrected chi connectivity index (χ3v) is 8.32. The van der Waals surface area contributed by atoms with Crippen LogP contribution in [0.4, 0.5) is 0 Å². The first-order valence-electron chi connectivity index (χ1n) is 9.73. The largest absolute Gasteiger partial charge is 0.272 e. The minimum absolute atomic E-state index is 0.174. The molecule has 1 aromatic heterocycles. The second-order valence-corrected chi connectivity index (χ2v) is 11.1. The Labute approximate surface area is 207 Å². The predicted octanol–water partition coefficient (Wildman–Crippen LogP) is 6.38. The molecule has 0 bridgehead atoms. The highest BCUT2D eigenvalue weighted by molar-refractivity contribution is 9.10. The summed E-state index contributed by atoms with van der Waals surface area (Å²) in [4.78, 5) is 12.2. The van der Waals surface area contributed by atoms with Crippen LogP contribution in [-0.4, -0.2) is 27.6 Å². The van der Waals surface area contributed by atoms with Crippen LogP contribution in [0.3, 0.4) is 0 Å². The van der Waals surface area contributed by atoms with E-state index < -0.39 is 0 Å². The van der Waals surface area contributed by atoms with Gasteiger partial charge in [-0.3, -0.25) is 4.79 Å². The molecule has 9 heteroatoms. The van der Waals surface area contributed by atoms with Gasteiger partial charge in [0.2, 0.25) is 0 Å². The van der Waals surface area contributed by atoms with Crippen molar-refractivity contribution >= 4 is 73.2 Å². The molecule has 3 aromatic carbocycles. The lowest BCUT2D eigenvalue weighted by atomic mass is 10.1. The maximum Gasteiger partial charge on any atom is 0.250 e. The highest BCUT2D eigenvalue weighted by Gasteiger charge is 2.10. The molecule has 0 radical (unpaired) electrons. The molecule has 5 nitrogen and oxygen atoms in total. The molecule has 0 aliphatic rings. The highest BCUT2D eigenvalue weighted by atomic mass is 79.9. The molecule has 0 saturated heterocycles. The van der Waals surface area contributed by atoms with Crippen LogP contribution in [0.1, 0.15) is 18.1 Å². The van der Waals surface area contributed by atoms with Crippen molar-refractivity contribution in [3.05, 3.63) is 82.3 Å². The summed E-state index contributed by atoms with van der Waals surface area (Å²) in [5.41, 5.74) is 5.58. The van der Waals surface area contributed by atoms with Gasteiger partial charge in [0, 0.05) is 10.2 Å². The van der Waals surface area contributed by atoms with Crippen LogP contribution >= 0.6 is 50.8 Å². The van der Waals surface area contributed by atoms with Crippen molar-refractivity contribution in [2.24, 2.45) is 5.10 Å². The lowest BCUT2D eigenvalue weighted by molar-refractivity contribution is -0.118. The summed E-state index contributed by atoms with van der Waals surface area (Å²) in [6, 6.07) is 22.5. The molecule has 1 N–H and O–H groups in total. The number of halogens is 1. The summed E-state index contributed by atoms with van der Waals surface area (Å²) >= 11 is 7.94. The van der Waals surface area contributed by atoms with Crippen LogP contribution in [0.15, 0.2) is 85.0 Å². The van der Waals surface area contributed by atoms with E-state index in [1.807, 2.05) is 31.2 Å². The lowest BCUT2D eigenvalue weighted by Crippen LogP contribution is -2.21. The average Bonchev–Trinajstić information content (AvgIpc) is 3.28. The van der Waals surface area contributed by atoms with Gasteiger partial charge < -0.3 is 0 Å². The van der Waals surface area contributed by atoms with E-state index in [0.29, 0.717) is 0 Å². The molecular formula is C23H19BrN4OS3. The minimum Gasteiger partial charge on any atom is -0.272 e. The monoisotopic (exact) mass is 542 g/mol. The molecule has 0 unspecified atom stereocenters. The fourth-order valence-corrected chi connectivity index (χ4v) is 6.01. The molecule has 0 saturated carbocycles. The third kappa shape index (κ3) is 6.19. The van der Waals surface area contributed by atoms with Gasteiger partial charge in [0.05, 0.1) is 11.5 Å². The molecule has 4 aromatic rings. The van der Waals surface area contributed by atoms with Gasteiger partial charge in [-0.05, 0) is 41.0 Å². The van der Waals surface area contributed by atoms with E-state index in [9.17, 15) is 4.79 Å². The van der Waals surface area contributed by atoms with Gasteiger partial charge in [-0.2, -0.15) is 5.10 Å². The predicted molar refractivity (Wildman–Crippen MR) is 139 cm³/mol. The Kier molecular flexibility index (Phi) is 7.96. The first kappa shape index (κ1) is 23.0. The van der Waals surface area contributed by atoms with E-state index in [1.54, 1.807) is 11.8 Å². The Morgan fingerprint density at radius 2 is 1.72 bits per heavy atom. The summed E-state index contributed by atoms with van der Waals surface area (Å²) < 4.78 is 2.67. The van der Waals surface area contributed by atoms with Gasteiger partial charge >= 0.3 is 0 Å². The minimum atomic E-state index is -0.174. The third-order valence-electron chi connectivity index (χ3n) is 4.56. The molecule has 4 rings (SSSR count). The quantitative estimate of drug-likeness (QED) is 0.159. The van der Waals surface area contributed by atoms with E-state index in [1.165, 1.54) is 39.4 Å². The molecule has 0 aliphatic heterocycles. The molecule has 0 aliphatic carbocycles. The van der Waals surface area contributed by atoms with Crippen LogP contribution < -0.4 is 5.43 Å². The average molecular weight is 544 g/mol. The van der Waals surface area contributed by atoms with Crippen LogP contribution in [-0.2, 0) is 10.5 Å². The lowest BCUT2D eigenvalue weighted by Gasteiger charge is -2.04. The SMILES string of the molecule is C/C(=N/NC(=O)CSc1nnc(SCc2cccc3ccccc23)s1)c1ccc(Br)cc1. The summed E-state index contributed by atoms with van der Waals surface area (Å²) in [5.74, 6) is 0.886. The summed E-state index contributed by atoms with van der Waals surface area (Å²) in [6.07, 6.45) is 0. The summed E-state index contributed by atoms with van der Waals surface area (Å²) in [7, 11) is 0. The van der Waals surface area contributed by atoms with Gasteiger partial charge in [-0.15, -0.1) is 10.2 Å². The number of fused-ring (bicyclic) bond motifs is 1. The highest BCUT2D eigenvalue weighted by Crippen LogP contribution is 2.32. The molecule has 32 heavy (non-hydrogen) atoms. The van der Waals surface area contributed by atoms with E-state index in [-0.39, 0.29) is 11.7 Å². The van der Waals surface area contributed by atoms with Crippen molar-refractivity contribution in [2.45, 2.75) is 21.4 Å². The molecule has 0 atom stereocenters. The van der Waals surface area contributed by atoms with Crippen LogP contribution in [0, 0.1) is 0 Å². The topological polar surface area (TPSA) is 67.2 Å². The fraction of sp³-hybridized carbons (Fsp3) is 0.130. The van der Waals surface area contributed by atoms with Crippen molar-refractivity contribution in [1.82, 2.24) is 15.6 Å². The Bertz CT molecular complexity index is 1250. The number of rotatable bonds is 8. The Balaban J connectivity index is 1.27. The van der Waals surface area contributed by atoms with Gasteiger partial charge in [0.25, 0.3) is 5.91 Å². The first-order valence-corrected chi connectivity index (χ1v) is 13.3. The summed E-state index contributed by atoms with van der Waals surface area (Å²) in [6.45, 7) is 1.86. The second kappa shape index (κ2) is 11.1. The van der Waals surface area contributed by atoms with E-state index >= 15 is 0 Å². The normalized spacial score (nSPS) is 11.6. The van der Waals surface area contributed by atoms with Gasteiger partial charge in [0.15, 0.2) is 8.68 Å². The number of aromatic nitrogens is 2. The maximum atomic E-state index is 12.2. The zero-order valence-electron chi connectivity index (χ0n) is 17.1. The van der Waals surface area contributed by atoms with Gasteiger partial charge in [-0.1, -0.05) is 105 Å². The number of carbonyl (C=O) groups excluding carboxylic acids is 1. The molecular weight excluding hydrogens is 524 g/mol. The number of nitrogens with zero attached hydrogens (tertiary/aromatic N) is 3. The Morgan fingerprint density at radius 1 is 1.00 bits per heavy atom. The summed E-state index contributed by atoms with van der Waals surface area (Å²) in [5, 5.41) is 15.1. The maximum absolute atomic E-state index is 12.2. The number of carbonyl (C=O) groups is 1. The van der Waals surface area contributed by atoms with Gasteiger partial charge in [-0.25, -0.2) is 5.43 Å². The molecule has 0 spiro atoms. The number of nitrogens with one attached hydrogen (secondary N) is 1. The fourth-order valence-electron chi connectivity index (χ4n) is 2.93. The second-order valence-electron chi connectivity index (χ2n) is 6.79. The molecule has 0 fully saturated rings. The van der Waals surface area contributed by atoms with Crippen molar-refractivity contribution in [1.29, 1.82) is 0 Å². The van der Waals surface area contributed by atoms with Crippen molar-refractivity contribution in [3.8, 4) is 0 Å². The van der Waals surface area contributed by atoms with Crippen molar-refractivity contribution in [3.63, 3.8) is 0 Å². The standard InChI is InChI=1S/C23H19BrN4OS3/c1-15(16-9-11-19(24)12-10-16)25-26-21(29)14-31-23-28-27-22(32-23)30-13-18-7-4-6-17-5-2-3-8-20(17)18/h2-12H,13-14H2,1H3,(H,26,29)/b25-15-. The van der Waals surface area contributed by atoms with E-state index in [4.69, 9.17) is 0 Å². The van der Waals surface area contributed by atoms with E-state index in [0.717, 1.165) is 30.2 Å². The Morgan fingerprint density at radius 3 is 2.53 bits per heavy atom. The smallest absolute Gasteiger partial charge is 0.250 e. The van der Waals surface area contributed by atoms with Crippen molar-refractivity contribution < 1.29 is 4.79 Å². The zero-order valence-corrected chi connectivity index (χ0v) is 21.2. The van der Waals surface area contributed by atoms with Crippen molar-refractivity contribution in [2.75, 3.05) is 5.75 Å². The zero-order chi connectivity index (χ0) is 22.3. The molecule has 1 heterocycles. The number of benzene rings is 3. The van der Waals surface area contributed by atoms with Gasteiger partial charge in [0.1, 0.15) is 0 Å². The molecule has 162 valence electrons. The number of thioether (sulfide) groups is 2. The van der Waals surface area contributed by atoms with Crippen LogP contribution in [0.5, 0.6) is 0 Å². The van der Waals surface area contributed by atoms with Crippen LogP contribution in [0.2, 0.25) is 0 Å².